The van der Waals surface area contributed by atoms with E-state index in [0.29, 0.717) is 12.6 Å². The predicted molar refractivity (Wildman–Crippen MR) is 79.7 cm³/mol. The average molecular weight is 263 g/mol. The molecule has 1 aliphatic rings. The van der Waals surface area contributed by atoms with E-state index in [9.17, 15) is 5.11 Å². The predicted octanol–water partition coefficient (Wildman–Crippen LogP) is 2.64. The highest BCUT2D eigenvalue weighted by atomic mass is 16.3. The lowest BCUT2D eigenvalue weighted by Gasteiger charge is -2.30. The van der Waals surface area contributed by atoms with Crippen molar-refractivity contribution in [3.05, 3.63) is 18.5 Å². The molecule has 4 nitrogen and oxygen atoms in total. The van der Waals surface area contributed by atoms with Crippen LogP contribution in [0.15, 0.2) is 18.5 Å². The van der Waals surface area contributed by atoms with Crippen molar-refractivity contribution >= 4 is 11.4 Å². The summed E-state index contributed by atoms with van der Waals surface area (Å²) in [5.74, 6) is 0. The van der Waals surface area contributed by atoms with Crippen LogP contribution in [-0.2, 0) is 0 Å². The summed E-state index contributed by atoms with van der Waals surface area (Å²) in [5.41, 5.74) is 2.20. The van der Waals surface area contributed by atoms with Crippen molar-refractivity contribution in [2.45, 2.75) is 45.1 Å². The van der Waals surface area contributed by atoms with Gasteiger partial charge in [-0.05, 0) is 25.3 Å². The largest absolute Gasteiger partial charge is 0.395 e. The van der Waals surface area contributed by atoms with E-state index in [-0.39, 0.29) is 6.61 Å². The molecule has 0 spiro atoms. The summed E-state index contributed by atoms with van der Waals surface area (Å²) in [7, 11) is 0. The number of aliphatic hydroxyl groups is 1. The van der Waals surface area contributed by atoms with Crippen molar-refractivity contribution in [1.29, 1.82) is 0 Å². The first-order chi connectivity index (χ1) is 9.35. The van der Waals surface area contributed by atoms with Crippen molar-refractivity contribution in [1.82, 2.24) is 4.98 Å². The molecule has 1 aliphatic carbocycles. The number of aliphatic hydroxyl groups excluding tert-OH is 1. The third kappa shape index (κ3) is 3.83. The fourth-order valence-electron chi connectivity index (χ4n) is 2.80. The first kappa shape index (κ1) is 14.1. The summed E-state index contributed by atoms with van der Waals surface area (Å²) < 4.78 is 0. The summed E-state index contributed by atoms with van der Waals surface area (Å²) in [5, 5.41) is 12.7. The molecule has 19 heavy (non-hydrogen) atoms. The second-order valence-electron chi connectivity index (χ2n) is 5.21. The lowest BCUT2D eigenvalue weighted by molar-refractivity contribution is 0.297. The standard InChI is InChI=1S/C15H25N3O/c1-2-7-17-13-10-15(12-16-11-13)18(8-9-19)14-5-3-4-6-14/h10-12,14,17,19H,2-9H2,1H3. The highest BCUT2D eigenvalue weighted by molar-refractivity contribution is 5.56. The number of aromatic nitrogens is 1. The van der Waals surface area contributed by atoms with Gasteiger partial charge in [-0.3, -0.25) is 4.98 Å². The minimum Gasteiger partial charge on any atom is -0.395 e. The summed E-state index contributed by atoms with van der Waals surface area (Å²) in [6.07, 6.45) is 9.93. The smallest absolute Gasteiger partial charge is 0.0606 e. The molecule has 2 rings (SSSR count). The quantitative estimate of drug-likeness (QED) is 0.794. The molecule has 0 radical (unpaired) electrons. The Morgan fingerprint density at radius 1 is 1.37 bits per heavy atom. The minimum atomic E-state index is 0.198. The van der Waals surface area contributed by atoms with Crippen LogP contribution in [0, 0.1) is 0 Å². The maximum absolute atomic E-state index is 9.29. The van der Waals surface area contributed by atoms with Crippen LogP contribution in [-0.4, -0.2) is 35.8 Å². The molecule has 0 atom stereocenters. The van der Waals surface area contributed by atoms with Gasteiger partial charge in [-0.15, -0.1) is 0 Å². The molecule has 1 aromatic rings. The Labute approximate surface area is 115 Å². The van der Waals surface area contributed by atoms with Gasteiger partial charge in [0, 0.05) is 19.1 Å². The van der Waals surface area contributed by atoms with Gasteiger partial charge in [-0.2, -0.15) is 0 Å². The molecule has 2 N–H and O–H groups in total. The number of hydrogen-bond donors (Lipinski definition) is 2. The molecular formula is C15H25N3O. The highest BCUT2D eigenvalue weighted by Gasteiger charge is 2.22. The van der Waals surface area contributed by atoms with Gasteiger partial charge in [-0.1, -0.05) is 19.8 Å². The maximum atomic E-state index is 9.29. The van der Waals surface area contributed by atoms with Gasteiger partial charge in [-0.25, -0.2) is 0 Å². The zero-order chi connectivity index (χ0) is 13.5. The normalized spacial score (nSPS) is 15.7. The summed E-state index contributed by atoms with van der Waals surface area (Å²) in [6.45, 7) is 4.02. The molecule has 1 saturated carbocycles. The Morgan fingerprint density at radius 2 is 2.16 bits per heavy atom. The number of rotatable bonds is 7. The van der Waals surface area contributed by atoms with E-state index in [0.717, 1.165) is 24.3 Å². The fraction of sp³-hybridized carbons (Fsp3) is 0.667. The zero-order valence-corrected chi connectivity index (χ0v) is 11.8. The van der Waals surface area contributed by atoms with E-state index in [1.165, 1.54) is 25.7 Å². The van der Waals surface area contributed by atoms with Crippen molar-refractivity contribution in [3.8, 4) is 0 Å². The van der Waals surface area contributed by atoms with Crippen LogP contribution in [0.3, 0.4) is 0 Å². The van der Waals surface area contributed by atoms with Gasteiger partial charge < -0.3 is 15.3 Å². The molecule has 1 aromatic heterocycles. The molecule has 0 saturated heterocycles. The molecule has 1 fully saturated rings. The Kier molecular flexibility index (Phi) is 5.45. The topological polar surface area (TPSA) is 48.4 Å². The monoisotopic (exact) mass is 263 g/mol. The second kappa shape index (κ2) is 7.34. The SMILES string of the molecule is CCCNc1cncc(N(CCO)C2CCCC2)c1. The molecule has 0 aromatic carbocycles. The van der Waals surface area contributed by atoms with Crippen molar-refractivity contribution in [2.75, 3.05) is 29.9 Å². The molecule has 0 bridgehead atoms. The van der Waals surface area contributed by atoms with Gasteiger partial charge in [0.15, 0.2) is 0 Å². The molecule has 4 heteroatoms. The van der Waals surface area contributed by atoms with Crippen LogP contribution in [0.1, 0.15) is 39.0 Å². The van der Waals surface area contributed by atoms with Gasteiger partial charge in [0.05, 0.1) is 30.4 Å². The number of anilines is 2. The molecule has 0 amide bonds. The molecule has 106 valence electrons. The van der Waals surface area contributed by atoms with Crippen LogP contribution < -0.4 is 10.2 Å². The number of nitrogens with one attached hydrogen (secondary N) is 1. The lowest BCUT2D eigenvalue weighted by Crippen LogP contribution is -2.35. The van der Waals surface area contributed by atoms with Crippen LogP contribution in [0.2, 0.25) is 0 Å². The van der Waals surface area contributed by atoms with Gasteiger partial charge in [0.2, 0.25) is 0 Å². The molecule has 0 unspecified atom stereocenters. The van der Waals surface area contributed by atoms with E-state index < -0.39 is 0 Å². The van der Waals surface area contributed by atoms with E-state index in [1.54, 1.807) is 0 Å². The Hall–Kier alpha value is -1.29. The number of hydrogen-bond acceptors (Lipinski definition) is 4. The first-order valence-corrected chi connectivity index (χ1v) is 7.41. The lowest BCUT2D eigenvalue weighted by atomic mass is 10.2. The first-order valence-electron chi connectivity index (χ1n) is 7.41. The maximum Gasteiger partial charge on any atom is 0.0606 e. The van der Waals surface area contributed by atoms with E-state index >= 15 is 0 Å². The van der Waals surface area contributed by atoms with Gasteiger partial charge in [0.1, 0.15) is 0 Å². The fourth-order valence-corrected chi connectivity index (χ4v) is 2.80. The minimum absolute atomic E-state index is 0.198. The van der Waals surface area contributed by atoms with Crippen LogP contribution in [0.4, 0.5) is 11.4 Å². The van der Waals surface area contributed by atoms with E-state index in [1.807, 2.05) is 12.4 Å². The molecule has 0 aliphatic heterocycles. The third-order valence-electron chi connectivity index (χ3n) is 3.74. The highest BCUT2D eigenvalue weighted by Crippen LogP contribution is 2.28. The molecule has 1 heterocycles. The summed E-state index contributed by atoms with van der Waals surface area (Å²) in [6, 6.07) is 2.71. The van der Waals surface area contributed by atoms with Crippen molar-refractivity contribution < 1.29 is 5.11 Å². The number of nitrogens with zero attached hydrogens (tertiary/aromatic N) is 2. The van der Waals surface area contributed by atoms with Crippen molar-refractivity contribution in [3.63, 3.8) is 0 Å². The van der Waals surface area contributed by atoms with Gasteiger partial charge in [0.25, 0.3) is 0 Å². The Morgan fingerprint density at radius 3 is 2.84 bits per heavy atom. The van der Waals surface area contributed by atoms with E-state index in [2.05, 4.69) is 28.2 Å². The van der Waals surface area contributed by atoms with Gasteiger partial charge >= 0.3 is 0 Å². The summed E-state index contributed by atoms with van der Waals surface area (Å²) >= 11 is 0. The molecular weight excluding hydrogens is 238 g/mol. The third-order valence-corrected chi connectivity index (χ3v) is 3.74. The average Bonchev–Trinajstić information content (AvgIpc) is 2.96. The van der Waals surface area contributed by atoms with Crippen molar-refractivity contribution in [2.24, 2.45) is 0 Å². The van der Waals surface area contributed by atoms with Crippen LogP contribution in [0.25, 0.3) is 0 Å². The Balaban J connectivity index is 2.11. The van der Waals surface area contributed by atoms with Crippen LogP contribution >= 0.6 is 0 Å². The summed E-state index contributed by atoms with van der Waals surface area (Å²) in [4.78, 5) is 6.64. The zero-order valence-electron chi connectivity index (χ0n) is 11.8. The van der Waals surface area contributed by atoms with E-state index in [4.69, 9.17) is 0 Å². The number of pyridine rings is 1. The Bertz CT molecular complexity index is 377. The second-order valence-corrected chi connectivity index (χ2v) is 5.21. The van der Waals surface area contributed by atoms with Crippen LogP contribution in [0.5, 0.6) is 0 Å².